The molecule has 2 rings (SSSR count). The van der Waals surface area contributed by atoms with Gasteiger partial charge < -0.3 is 14.9 Å². The molecule has 2 N–H and O–H groups in total. The lowest BCUT2D eigenvalue weighted by molar-refractivity contribution is -0.139. The minimum atomic E-state index is -1.03. The van der Waals surface area contributed by atoms with E-state index >= 15 is 0 Å². The molecule has 0 fully saturated rings. The lowest BCUT2D eigenvalue weighted by Gasteiger charge is -2.08. The van der Waals surface area contributed by atoms with Gasteiger partial charge in [-0.15, -0.1) is 0 Å². The van der Waals surface area contributed by atoms with E-state index in [2.05, 4.69) is 4.99 Å². The monoisotopic (exact) mass is 221 g/mol. The summed E-state index contributed by atoms with van der Waals surface area (Å²) in [5.41, 5.74) is 0.415. The first-order valence-electron chi connectivity index (χ1n) is 4.85. The van der Waals surface area contributed by atoms with Gasteiger partial charge in [-0.3, -0.25) is 0 Å². The Hall–Kier alpha value is -2.04. The van der Waals surface area contributed by atoms with E-state index < -0.39 is 18.1 Å². The van der Waals surface area contributed by atoms with Crippen LogP contribution in [0.3, 0.4) is 0 Å². The highest BCUT2D eigenvalue weighted by molar-refractivity contribution is 5.99. The molecule has 1 aliphatic rings. The van der Waals surface area contributed by atoms with Crippen LogP contribution in [-0.2, 0) is 9.53 Å². The average molecular weight is 221 g/mol. The Bertz CT molecular complexity index is 455. The Morgan fingerprint density at radius 1 is 1.44 bits per heavy atom. The van der Waals surface area contributed by atoms with Crippen LogP contribution in [0, 0.1) is 0 Å². The van der Waals surface area contributed by atoms with Gasteiger partial charge in [0.15, 0.2) is 6.04 Å². The largest absolute Gasteiger partial charge is 0.507 e. The second-order valence-electron chi connectivity index (χ2n) is 3.56. The molecule has 0 aromatic heterocycles. The molecule has 1 aliphatic heterocycles. The minimum Gasteiger partial charge on any atom is -0.507 e. The number of hydrogen-bond donors (Lipinski definition) is 2. The van der Waals surface area contributed by atoms with Gasteiger partial charge in [0.1, 0.15) is 11.9 Å². The van der Waals surface area contributed by atoms with Crippen molar-refractivity contribution in [1.82, 2.24) is 0 Å². The first-order chi connectivity index (χ1) is 7.59. The number of carboxylic acid groups (broad SMARTS) is 1. The zero-order valence-corrected chi connectivity index (χ0v) is 8.62. The molecular weight excluding hydrogens is 210 g/mol. The zero-order chi connectivity index (χ0) is 11.7. The van der Waals surface area contributed by atoms with Crippen LogP contribution >= 0.6 is 0 Å². The Morgan fingerprint density at radius 3 is 2.69 bits per heavy atom. The molecule has 0 bridgehead atoms. The highest BCUT2D eigenvalue weighted by Gasteiger charge is 2.34. The number of ether oxygens (including phenoxy) is 1. The topological polar surface area (TPSA) is 79.1 Å². The molecule has 1 aromatic carbocycles. The number of aliphatic carboxylic acids is 1. The number of phenols is 1. The molecule has 0 aliphatic carbocycles. The van der Waals surface area contributed by atoms with Gasteiger partial charge in [-0.25, -0.2) is 9.79 Å². The zero-order valence-electron chi connectivity index (χ0n) is 8.62. The molecule has 0 saturated heterocycles. The number of hydrogen-bond acceptors (Lipinski definition) is 4. The van der Waals surface area contributed by atoms with E-state index in [1.165, 1.54) is 6.07 Å². The first-order valence-corrected chi connectivity index (χ1v) is 4.85. The SMILES string of the molecule is CC1OC(c2ccccc2O)=NC1C(=O)O. The van der Waals surface area contributed by atoms with Crippen molar-refractivity contribution in [2.24, 2.45) is 4.99 Å². The molecule has 1 heterocycles. The molecule has 16 heavy (non-hydrogen) atoms. The van der Waals surface area contributed by atoms with Crippen molar-refractivity contribution in [2.45, 2.75) is 19.1 Å². The maximum atomic E-state index is 10.8. The van der Waals surface area contributed by atoms with E-state index in [0.717, 1.165) is 0 Å². The quantitative estimate of drug-likeness (QED) is 0.781. The summed E-state index contributed by atoms with van der Waals surface area (Å²) in [5.74, 6) is -0.824. The summed E-state index contributed by atoms with van der Waals surface area (Å²) < 4.78 is 5.31. The number of carboxylic acids is 1. The van der Waals surface area contributed by atoms with Crippen molar-refractivity contribution in [3.63, 3.8) is 0 Å². The van der Waals surface area contributed by atoms with Crippen LogP contribution in [0.25, 0.3) is 0 Å². The molecule has 2 atom stereocenters. The van der Waals surface area contributed by atoms with Gasteiger partial charge >= 0.3 is 5.97 Å². The fourth-order valence-corrected chi connectivity index (χ4v) is 1.55. The van der Waals surface area contributed by atoms with E-state index in [1.807, 2.05) is 0 Å². The van der Waals surface area contributed by atoms with Crippen LogP contribution in [0.5, 0.6) is 5.75 Å². The fourth-order valence-electron chi connectivity index (χ4n) is 1.55. The number of aliphatic imine (C=N–C) groups is 1. The van der Waals surface area contributed by atoms with E-state index in [1.54, 1.807) is 25.1 Å². The lowest BCUT2D eigenvalue weighted by atomic mass is 10.2. The number of para-hydroxylation sites is 1. The summed E-state index contributed by atoms with van der Waals surface area (Å²) in [4.78, 5) is 14.8. The number of nitrogens with zero attached hydrogens (tertiary/aromatic N) is 1. The highest BCUT2D eigenvalue weighted by atomic mass is 16.5. The normalized spacial score (nSPS) is 23.7. The van der Waals surface area contributed by atoms with Crippen molar-refractivity contribution < 1.29 is 19.7 Å². The van der Waals surface area contributed by atoms with Gasteiger partial charge in [0.05, 0.1) is 5.56 Å². The van der Waals surface area contributed by atoms with Crippen molar-refractivity contribution in [2.75, 3.05) is 0 Å². The third-order valence-corrected chi connectivity index (χ3v) is 2.39. The third-order valence-electron chi connectivity index (χ3n) is 2.39. The summed E-state index contributed by atoms with van der Waals surface area (Å²) >= 11 is 0. The predicted octanol–water partition coefficient (Wildman–Crippen LogP) is 1.01. The van der Waals surface area contributed by atoms with Crippen LogP contribution in [0.2, 0.25) is 0 Å². The average Bonchev–Trinajstić information content (AvgIpc) is 2.61. The Kier molecular flexibility index (Phi) is 2.52. The molecular formula is C11H11NO4. The van der Waals surface area contributed by atoms with Crippen molar-refractivity contribution in [1.29, 1.82) is 0 Å². The van der Waals surface area contributed by atoms with Crippen molar-refractivity contribution in [3.05, 3.63) is 29.8 Å². The fraction of sp³-hybridized carbons (Fsp3) is 0.273. The van der Waals surface area contributed by atoms with E-state index in [9.17, 15) is 9.90 Å². The van der Waals surface area contributed by atoms with Crippen LogP contribution in [0.15, 0.2) is 29.3 Å². The Balaban J connectivity index is 2.34. The third kappa shape index (κ3) is 1.71. The van der Waals surface area contributed by atoms with Gasteiger partial charge in [-0.2, -0.15) is 0 Å². The summed E-state index contributed by atoms with van der Waals surface area (Å²) in [5, 5.41) is 18.4. The maximum Gasteiger partial charge on any atom is 0.332 e. The summed E-state index contributed by atoms with van der Waals surface area (Å²) in [6.07, 6.45) is -0.521. The molecule has 84 valence electrons. The van der Waals surface area contributed by atoms with Crippen LogP contribution in [-0.4, -0.2) is 34.2 Å². The molecule has 1 aromatic rings. The molecule has 0 amide bonds. The van der Waals surface area contributed by atoms with Crippen molar-refractivity contribution >= 4 is 11.9 Å². The van der Waals surface area contributed by atoms with Crippen LogP contribution in [0.4, 0.5) is 0 Å². The van der Waals surface area contributed by atoms with E-state index in [-0.39, 0.29) is 11.6 Å². The first kappa shape index (κ1) is 10.5. The summed E-state index contributed by atoms with van der Waals surface area (Å²) in [6, 6.07) is 5.62. The lowest BCUT2D eigenvalue weighted by Crippen LogP contribution is -2.27. The van der Waals surface area contributed by atoms with Crippen molar-refractivity contribution in [3.8, 4) is 5.75 Å². The second kappa shape index (κ2) is 3.84. The molecule has 0 radical (unpaired) electrons. The van der Waals surface area contributed by atoms with Gasteiger partial charge in [-0.05, 0) is 19.1 Å². The Morgan fingerprint density at radius 2 is 2.12 bits per heavy atom. The van der Waals surface area contributed by atoms with E-state index in [0.29, 0.717) is 5.56 Å². The molecule has 5 nitrogen and oxygen atoms in total. The number of rotatable bonds is 2. The molecule has 0 saturated carbocycles. The number of carbonyl (C=O) groups is 1. The smallest absolute Gasteiger partial charge is 0.332 e. The Labute approximate surface area is 92.0 Å². The number of phenolic OH excluding ortho intramolecular Hbond substituents is 1. The maximum absolute atomic E-state index is 10.8. The standard InChI is InChI=1S/C11H11NO4/c1-6-9(11(14)15)12-10(16-6)7-4-2-3-5-8(7)13/h2-6,9,13H,1H3,(H,14,15). The number of aromatic hydroxyl groups is 1. The van der Waals surface area contributed by atoms with Gasteiger partial charge in [0, 0.05) is 0 Å². The van der Waals surface area contributed by atoms with Gasteiger partial charge in [0.2, 0.25) is 5.90 Å². The predicted molar refractivity (Wildman–Crippen MR) is 56.6 cm³/mol. The molecule has 5 heteroatoms. The van der Waals surface area contributed by atoms with Gasteiger partial charge in [-0.1, -0.05) is 12.1 Å². The molecule has 2 unspecified atom stereocenters. The van der Waals surface area contributed by atoms with E-state index in [4.69, 9.17) is 9.84 Å². The number of benzene rings is 1. The van der Waals surface area contributed by atoms with Gasteiger partial charge in [0.25, 0.3) is 0 Å². The molecule has 0 spiro atoms. The second-order valence-corrected chi connectivity index (χ2v) is 3.56. The highest BCUT2D eigenvalue weighted by Crippen LogP contribution is 2.23. The van der Waals surface area contributed by atoms with Crippen LogP contribution < -0.4 is 0 Å². The minimum absolute atomic E-state index is 0.0273. The summed E-state index contributed by atoms with van der Waals surface area (Å²) in [7, 11) is 0. The summed E-state index contributed by atoms with van der Waals surface area (Å²) in [6.45, 7) is 1.63. The van der Waals surface area contributed by atoms with Crippen LogP contribution in [0.1, 0.15) is 12.5 Å².